The topological polar surface area (TPSA) is 69.7 Å². The average Bonchev–Trinajstić information content (AvgIpc) is 2.57. The van der Waals surface area contributed by atoms with E-state index in [0.717, 1.165) is 23.8 Å². The number of carbonyl (C=O) groups is 1. The van der Waals surface area contributed by atoms with E-state index >= 15 is 0 Å². The number of carbonyl (C=O) groups excluding carboxylic acids is 1. The number of ketones is 1. The minimum atomic E-state index is -5.79. The lowest BCUT2D eigenvalue weighted by atomic mass is 9.98. The van der Waals surface area contributed by atoms with Crippen LogP contribution in [0.15, 0.2) is 54.1 Å². The van der Waals surface area contributed by atoms with Gasteiger partial charge in [0.1, 0.15) is 18.1 Å². The summed E-state index contributed by atoms with van der Waals surface area (Å²) in [6.07, 6.45) is 1.64. The van der Waals surface area contributed by atoms with Gasteiger partial charge in [0.25, 0.3) is 0 Å². The van der Waals surface area contributed by atoms with Crippen molar-refractivity contribution in [2.45, 2.75) is 5.51 Å². The van der Waals surface area contributed by atoms with Gasteiger partial charge in [-0.05, 0) is 23.8 Å². The largest absolute Gasteiger partial charge is 0.534 e. The fourth-order valence-electron chi connectivity index (χ4n) is 2.29. The van der Waals surface area contributed by atoms with Gasteiger partial charge in [-0.3, -0.25) is 4.79 Å². The molecule has 26 heavy (non-hydrogen) atoms. The van der Waals surface area contributed by atoms with Crippen molar-refractivity contribution in [1.29, 1.82) is 0 Å². The highest BCUT2D eigenvalue weighted by molar-refractivity contribution is 7.88. The number of hydrogen-bond donors (Lipinski definition) is 0. The maximum absolute atomic E-state index is 12.5. The van der Waals surface area contributed by atoms with Crippen molar-refractivity contribution in [1.82, 2.24) is 0 Å². The van der Waals surface area contributed by atoms with Crippen LogP contribution in [-0.4, -0.2) is 26.3 Å². The van der Waals surface area contributed by atoms with E-state index in [9.17, 15) is 26.4 Å². The van der Waals surface area contributed by atoms with Crippen molar-refractivity contribution < 1.29 is 35.3 Å². The Morgan fingerprint density at radius 2 is 1.77 bits per heavy atom. The van der Waals surface area contributed by atoms with Gasteiger partial charge in [0, 0.05) is 11.6 Å². The zero-order valence-corrected chi connectivity index (χ0v) is 13.8. The minimum Gasteiger partial charge on any atom is -0.488 e. The Kier molecular flexibility index (Phi) is 4.49. The second-order valence-electron chi connectivity index (χ2n) is 5.34. The third-order valence-corrected chi connectivity index (χ3v) is 4.48. The number of halogens is 3. The van der Waals surface area contributed by atoms with Crippen LogP contribution < -0.4 is 8.92 Å². The molecule has 0 unspecified atom stereocenters. The maximum atomic E-state index is 12.5. The highest BCUT2D eigenvalue weighted by Crippen LogP contribution is 2.34. The van der Waals surface area contributed by atoms with E-state index in [0.29, 0.717) is 5.57 Å². The van der Waals surface area contributed by atoms with E-state index in [1.165, 1.54) is 0 Å². The highest BCUT2D eigenvalue weighted by atomic mass is 32.2. The molecule has 1 aliphatic heterocycles. The molecule has 1 aliphatic rings. The Morgan fingerprint density at radius 3 is 2.42 bits per heavy atom. The van der Waals surface area contributed by atoms with Gasteiger partial charge >= 0.3 is 15.6 Å². The molecule has 1 heterocycles. The Morgan fingerprint density at radius 1 is 1.08 bits per heavy atom. The van der Waals surface area contributed by atoms with Gasteiger partial charge in [0.2, 0.25) is 0 Å². The molecule has 3 rings (SSSR count). The lowest BCUT2D eigenvalue weighted by Gasteiger charge is -2.19. The third kappa shape index (κ3) is 3.57. The standard InChI is InChI=1S/C17H11F3O5S/c18-17(19,20)26(22,23)25-13-6-7-14-15(9-13)24-10-12(16(14)21)8-11-4-2-1-3-5-11/h1-9H,10H2/b12-8-. The second-order valence-corrected chi connectivity index (χ2v) is 6.88. The Labute approximate surface area is 146 Å². The highest BCUT2D eigenvalue weighted by Gasteiger charge is 2.48. The van der Waals surface area contributed by atoms with Crippen LogP contribution in [0.3, 0.4) is 0 Å². The van der Waals surface area contributed by atoms with Gasteiger partial charge in [-0.15, -0.1) is 0 Å². The van der Waals surface area contributed by atoms with E-state index in [2.05, 4.69) is 4.18 Å². The monoisotopic (exact) mass is 384 g/mol. The molecule has 0 saturated carbocycles. The normalized spacial score (nSPS) is 16.1. The van der Waals surface area contributed by atoms with E-state index in [1.807, 2.05) is 6.07 Å². The number of fused-ring (bicyclic) bond motifs is 1. The predicted octanol–water partition coefficient (Wildman–Crippen LogP) is 3.57. The summed E-state index contributed by atoms with van der Waals surface area (Å²) in [6.45, 7) is -0.101. The van der Waals surface area contributed by atoms with Crippen LogP contribution in [0.1, 0.15) is 15.9 Å². The first-order valence-electron chi connectivity index (χ1n) is 7.25. The van der Waals surface area contributed by atoms with Gasteiger partial charge in [0.05, 0.1) is 5.56 Å². The molecule has 136 valence electrons. The summed E-state index contributed by atoms with van der Waals surface area (Å²) in [4.78, 5) is 12.5. The summed E-state index contributed by atoms with van der Waals surface area (Å²) in [5, 5.41) is 0. The molecular formula is C17H11F3O5S. The molecule has 0 fully saturated rings. The molecule has 0 saturated heterocycles. The second kappa shape index (κ2) is 6.49. The van der Waals surface area contributed by atoms with Gasteiger partial charge in [-0.1, -0.05) is 30.3 Å². The molecule has 2 aromatic rings. The summed E-state index contributed by atoms with van der Waals surface area (Å²) in [5.74, 6) is -1.00. The van der Waals surface area contributed by atoms with Crippen molar-refractivity contribution in [2.24, 2.45) is 0 Å². The van der Waals surface area contributed by atoms with Crippen molar-refractivity contribution in [3.63, 3.8) is 0 Å². The first kappa shape index (κ1) is 18.0. The number of rotatable bonds is 3. The lowest BCUT2D eigenvalue weighted by molar-refractivity contribution is -0.0500. The predicted molar refractivity (Wildman–Crippen MR) is 86.3 cm³/mol. The molecular weight excluding hydrogens is 373 g/mol. The number of benzene rings is 2. The van der Waals surface area contributed by atoms with Gasteiger partial charge in [-0.2, -0.15) is 21.6 Å². The lowest BCUT2D eigenvalue weighted by Crippen LogP contribution is -2.28. The van der Waals surface area contributed by atoms with Crippen molar-refractivity contribution in [3.8, 4) is 11.5 Å². The first-order chi connectivity index (χ1) is 12.2. The fraction of sp³-hybridized carbons (Fsp3) is 0.118. The van der Waals surface area contributed by atoms with Crippen molar-refractivity contribution in [2.75, 3.05) is 6.61 Å². The molecule has 0 aromatic heterocycles. The number of ether oxygens (including phenoxy) is 1. The number of Topliss-reactive ketones (excluding diaryl/α,β-unsaturated/α-hetero) is 1. The maximum Gasteiger partial charge on any atom is 0.534 e. The molecule has 0 amide bonds. The molecule has 0 atom stereocenters. The Bertz CT molecular complexity index is 979. The molecule has 0 radical (unpaired) electrons. The molecule has 2 aromatic carbocycles. The van der Waals surface area contributed by atoms with Gasteiger partial charge < -0.3 is 8.92 Å². The van der Waals surface area contributed by atoms with Crippen LogP contribution >= 0.6 is 0 Å². The van der Waals surface area contributed by atoms with Crippen LogP contribution in [0.2, 0.25) is 0 Å². The number of hydrogen-bond acceptors (Lipinski definition) is 5. The van der Waals surface area contributed by atoms with Crippen molar-refractivity contribution in [3.05, 3.63) is 65.2 Å². The third-order valence-electron chi connectivity index (χ3n) is 3.50. The van der Waals surface area contributed by atoms with Gasteiger partial charge in [-0.25, -0.2) is 0 Å². The summed E-state index contributed by atoms with van der Waals surface area (Å²) >= 11 is 0. The molecule has 0 N–H and O–H groups in total. The molecule has 0 bridgehead atoms. The van der Waals surface area contributed by atoms with E-state index in [-0.39, 0.29) is 23.7 Å². The van der Waals surface area contributed by atoms with Crippen molar-refractivity contribution >= 4 is 22.0 Å². The van der Waals surface area contributed by atoms with Gasteiger partial charge in [0.15, 0.2) is 5.78 Å². The summed E-state index contributed by atoms with van der Waals surface area (Å²) in [7, 11) is -5.79. The van der Waals surface area contributed by atoms with Crippen LogP contribution in [0.5, 0.6) is 11.5 Å². The molecule has 0 aliphatic carbocycles. The van der Waals surface area contributed by atoms with Crippen LogP contribution in [0, 0.1) is 0 Å². The molecule has 0 spiro atoms. The zero-order valence-electron chi connectivity index (χ0n) is 13.0. The van der Waals surface area contributed by atoms with E-state index in [4.69, 9.17) is 4.74 Å². The fourth-order valence-corrected chi connectivity index (χ4v) is 2.74. The summed E-state index contributed by atoms with van der Waals surface area (Å²) in [6, 6.07) is 12.1. The van der Waals surface area contributed by atoms with Crippen LogP contribution in [0.25, 0.3) is 6.08 Å². The quantitative estimate of drug-likeness (QED) is 0.460. The average molecular weight is 384 g/mol. The molecule has 5 nitrogen and oxygen atoms in total. The molecule has 9 heteroatoms. The summed E-state index contributed by atoms with van der Waals surface area (Å²) < 4.78 is 68.6. The van der Waals surface area contributed by atoms with Crippen LogP contribution in [0.4, 0.5) is 13.2 Å². The number of alkyl halides is 3. The minimum absolute atomic E-state index is 0.0462. The SMILES string of the molecule is O=C1/C(=C\c2ccccc2)COc2cc(OS(=O)(=O)C(F)(F)F)ccc21. The first-order valence-corrected chi connectivity index (χ1v) is 8.66. The summed E-state index contributed by atoms with van der Waals surface area (Å²) in [5.41, 5.74) is -4.29. The Balaban J connectivity index is 1.87. The Hall–Kier alpha value is -2.81. The van der Waals surface area contributed by atoms with Crippen LogP contribution in [-0.2, 0) is 10.1 Å². The van der Waals surface area contributed by atoms with E-state index < -0.39 is 21.4 Å². The smallest absolute Gasteiger partial charge is 0.488 e. The zero-order chi connectivity index (χ0) is 18.9. The van der Waals surface area contributed by atoms with E-state index in [1.54, 1.807) is 30.3 Å².